The lowest BCUT2D eigenvalue weighted by Gasteiger charge is -2.39. The van der Waals surface area contributed by atoms with Crippen molar-refractivity contribution in [3.05, 3.63) is 39.4 Å². The number of morpholine rings is 1. The molecular weight excluding hydrogens is 322 g/mol. The third-order valence-corrected chi connectivity index (χ3v) is 5.21. The first kappa shape index (κ1) is 17.8. The number of likely N-dealkylation sites (tertiary alicyclic amines) is 1. The lowest BCUT2D eigenvalue weighted by molar-refractivity contribution is -0.385. The van der Waals surface area contributed by atoms with Crippen molar-refractivity contribution in [2.24, 2.45) is 0 Å². The Morgan fingerprint density at radius 2 is 2.04 bits per heavy atom. The number of piperidine rings is 1. The predicted octanol–water partition coefficient (Wildman–Crippen LogP) is 2.12. The molecule has 2 saturated heterocycles. The van der Waals surface area contributed by atoms with E-state index in [0.29, 0.717) is 38.4 Å². The molecule has 0 radical (unpaired) electrons. The fourth-order valence-electron chi connectivity index (χ4n) is 3.71. The fraction of sp³-hybridized carbons (Fsp3) is 0.611. The second-order valence-electron chi connectivity index (χ2n) is 6.74. The van der Waals surface area contributed by atoms with E-state index >= 15 is 0 Å². The molecular formula is C18H25N3O4. The zero-order valence-corrected chi connectivity index (χ0v) is 14.6. The van der Waals surface area contributed by atoms with Gasteiger partial charge in [0.1, 0.15) is 0 Å². The van der Waals surface area contributed by atoms with Crippen LogP contribution in [0.25, 0.3) is 0 Å². The van der Waals surface area contributed by atoms with Crippen LogP contribution in [0.15, 0.2) is 18.2 Å². The van der Waals surface area contributed by atoms with Gasteiger partial charge in [0.05, 0.1) is 24.2 Å². The van der Waals surface area contributed by atoms with Crippen molar-refractivity contribution in [1.82, 2.24) is 9.80 Å². The number of nitro benzene ring substituents is 1. The average Bonchev–Trinajstić information content (AvgIpc) is 2.64. The summed E-state index contributed by atoms with van der Waals surface area (Å²) in [5.41, 5.74) is 1.76. The van der Waals surface area contributed by atoms with Gasteiger partial charge in [0.2, 0.25) is 5.91 Å². The maximum atomic E-state index is 12.9. The SMILES string of the molecule is Cc1c(CN2CCCC[C@H]2C(=O)N2CCOCC2)cccc1[N+](=O)[O-]. The van der Waals surface area contributed by atoms with Gasteiger partial charge in [-0.15, -0.1) is 0 Å². The van der Waals surface area contributed by atoms with E-state index < -0.39 is 0 Å². The van der Waals surface area contributed by atoms with Gasteiger partial charge >= 0.3 is 0 Å². The number of benzene rings is 1. The quantitative estimate of drug-likeness (QED) is 0.616. The summed E-state index contributed by atoms with van der Waals surface area (Å²) in [6, 6.07) is 5.05. The Morgan fingerprint density at radius 1 is 1.28 bits per heavy atom. The Hall–Kier alpha value is -1.99. The number of nitrogens with zero attached hydrogens (tertiary/aromatic N) is 3. The smallest absolute Gasteiger partial charge is 0.272 e. The van der Waals surface area contributed by atoms with Crippen LogP contribution in [0.4, 0.5) is 5.69 Å². The van der Waals surface area contributed by atoms with Crippen molar-refractivity contribution in [2.75, 3.05) is 32.8 Å². The summed E-state index contributed by atoms with van der Waals surface area (Å²) in [5.74, 6) is 0.172. The standard InChI is InChI=1S/C18H25N3O4/c1-14-15(5-4-7-16(14)21(23)24)13-20-8-3-2-6-17(20)18(22)19-9-11-25-12-10-19/h4-5,7,17H,2-3,6,8-13H2,1H3/t17-/m0/s1. The zero-order chi connectivity index (χ0) is 17.8. The molecule has 0 aromatic heterocycles. The summed E-state index contributed by atoms with van der Waals surface area (Å²) in [6.45, 7) is 5.72. The summed E-state index contributed by atoms with van der Waals surface area (Å²) in [6.07, 6.45) is 2.95. The molecule has 1 aromatic carbocycles. The molecule has 2 aliphatic heterocycles. The Balaban J connectivity index is 1.76. The summed E-state index contributed by atoms with van der Waals surface area (Å²) >= 11 is 0. The molecule has 0 N–H and O–H groups in total. The van der Waals surface area contributed by atoms with E-state index in [0.717, 1.165) is 31.4 Å². The summed E-state index contributed by atoms with van der Waals surface area (Å²) in [7, 11) is 0. The number of carbonyl (C=O) groups is 1. The minimum Gasteiger partial charge on any atom is -0.378 e. The molecule has 136 valence electrons. The van der Waals surface area contributed by atoms with Gasteiger partial charge in [-0.1, -0.05) is 18.6 Å². The predicted molar refractivity (Wildman–Crippen MR) is 93.3 cm³/mol. The molecule has 2 aliphatic rings. The third-order valence-electron chi connectivity index (χ3n) is 5.21. The molecule has 1 aromatic rings. The largest absolute Gasteiger partial charge is 0.378 e. The Morgan fingerprint density at radius 3 is 2.76 bits per heavy atom. The number of rotatable bonds is 4. The molecule has 0 saturated carbocycles. The second-order valence-corrected chi connectivity index (χ2v) is 6.74. The monoisotopic (exact) mass is 347 g/mol. The van der Waals surface area contributed by atoms with Gasteiger partial charge in [-0.2, -0.15) is 0 Å². The van der Waals surface area contributed by atoms with Crippen molar-refractivity contribution >= 4 is 11.6 Å². The lowest BCUT2D eigenvalue weighted by atomic mass is 9.98. The highest BCUT2D eigenvalue weighted by molar-refractivity contribution is 5.82. The van der Waals surface area contributed by atoms with E-state index in [1.54, 1.807) is 13.0 Å². The fourth-order valence-corrected chi connectivity index (χ4v) is 3.71. The molecule has 3 rings (SSSR count). The highest BCUT2D eigenvalue weighted by Gasteiger charge is 2.33. The normalized spacial score (nSPS) is 22.0. The van der Waals surface area contributed by atoms with E-state index in [4.69, 9.17) is 4.74 Å². The topological polar surface area (TPSA) is 75.9 Å². The lowest BCUT2D eigenvalue weighted by Crippen LogP contribution is -2.53. The van der Waals surface area contributed by atoms with Crippen molar-refractivity contribution in [3.8, 4) is 0 Å². The first-order chi connectivity index (χ1) is 12.1. The third kappa shape index (κ3) is 3.99. The summed E-state index contributed by atoms with van der Waals surface area (Å²) in [4.78, 5) is 27.8. The van der Waals surface area contributed by atoms with Crippen molar-refractivity contribution < 1.29 is 14.5 Å². The second kappa shape index (κ2) is 7.93. The van der Waals surface area contributed by atoms with Gasteiger partial charge in [-0.25, -0.2) is 0 Å². The van der Waals surface area contributed by atoms with Crippen LogP contribution in [0.3, 0.4) is 0 Å². The van der Waals surface area contributed by atoms with Crippen molar-refractivity contribution in [3.63, 3.8) is 0 Å². The number of ether oxygens (including phenoxy) is 1. The first-order valence-electron chi connectivity index (χ1n) is 8.91. The van der Waals surface area contributed by atoms with Crippen molar-refractivity contribution in [2.45, 2.75) is 38.8 Å². The van der Waals surface area contributed by atoms with Gasteiger partial charge in [0.25, 0.3) is 5.69 Å². The highest BCUT2D eigenvalue weighted by Crippen LogP contribution is 2.26. The van der Waals surface area contributed by atoms with Gasteiger partial charge in [-0.05, 0) is 31.9 Å². The molecule has 0 aliphatic carbocycles. The number of hydrogen-bond acceptors (Lipinski definition) is 5. The number of hydrogen-bond donors (Lipinski definition) is 0. The van der Waals surface area contributed by atoms with Crippen LogP contribution < -0.4 is 0 Å². The number of nitro groups is 1. The van der Waals surface area contributed by atoms with Crippen molar-refractivity contribution in [1.29, 1.82) is 0 Å². The molecule has 7 nitrogen and oxygen atoms in total. The van der Waals surface area contributed by atoms with E-state index in [2.05, 4.69) is 4.90 Å². The molecule has 2 fully saturated rings. The van der Waals surface area contributed by atoms with Gasteiger partial charge in [0.15, 0.2) is 0 Å². The van der Waals surface area contributed by atoms with Gasteiger partial charge < -0.3 is 9.64 Å². The number of amides is 1. The van der Waals surface area contributed by atoms with E-state index in [1.807, 2.05) is 11.0 Å². The van der Waals surface area contributed by atoms with E-state index in [-0.39, 0.29) is 22.6 Å². The molecule has 7 heteroatoms. The van der Waals surface area contributed by atoms with Gasteiger partial charge in [-0.3, -0.25) is 19.8 Å². The summed E-state index contributed by atoms with van der Waals surface area (Å²) in [5, 5.41) is 11.2. The molecule has 2 heterocycles. The van der Waals surface area contributed by atoms with Crippen LogP contribution in [0.1, 0.15) is 30.4 Å². The maximum Gasteiger partial charge on any atom is 0.272 e. The molecule has 0 bridgehead atoms. The molecule has 1 amide bonds. The highest BCUT2D eigenvalue weighted by atomic mass is 16.6. The Labute approximate surface area is 147 Å². The minimum absolute atomic E-state index is 0.134. The number of carbonyl (C=O) groups excluding carboxylic acids is 1. The van der Waals surface area contributed by atoms with Crippen LogP contribution in [-0.2, 0) is 16.1 Å². The molecule has 25 heavy (non-hydrogen) atoms. The Bertz CT molecular complexity index is 643. The molecule has 0 unspecified atom stereocenters. The molecule has 1 atom stereocenters. The van der Waals surface area contributed by atoms with Crippen LogP contribution in [-0.4, -0.2) is 59.5 Å². The van der Waals surface area contributed by atoms with Gasteiger partial charge in [0, 0.05) is 31.3 Å². The minimum atomic E-state index is -0.342. The van der Waals surface area contributed by atoms with Crippen LogP contribution in [0, 0.1) is 17.0 Å². The zero-order valence-electron chi connectivity index (χ0n) is 14.6. The van der Waals surface area contributed by atoms with Crippen LogP contribution in [0.5, 0.6) is 0 Å². The Kier molecular flexibility index (Phi) is 5.65. The average molecular weight is 347 g/mol. The van der Waals surface area contributed by atoms with E-state index in [1.165, 1.54) is 6.07 Å². The van der Waals surface area contributed by atoms with Crippen LogP contribution in [0.2, 0.25) is 0 Å². The first-order valence-corrected chi connectivity index (χ1v) is 8.91. The maximum absolute atomic E-state index is 12.9. The molecule has 0 spiro atoms. The van der Waals surface area contributed by atoms with E-state index in [9.17, 15) is 14.9 Å². The van der Waals surface area contributed by atoms with Crippen LogP contribution >= 0.6 is 0 Å². The summed E-state index contributed by atoms with van der Waals surface area (Å²) < 4.78 is 5.34.